The predicted molar refractivity (Wildman–Crippen MR) is 228 cm³/mol. The molecule has 55 heavy (non-hydrogen) atoms. The van der Waals surface area contributed by atoms with Crippen LogP contribution in [0.15, 0.2) is 180 Å². The summed E-state index contributed by atoms with van der Waals surface area (Å²) in [7, 11) is 0. The van der Waals surface area contributed by atoms with Crippen LogP contribution in [-0.4, -0.2) is 16.2 Å². The maximum Gasteiger partial charge on any atom is 0.116 e. The third-order valence-electron chi connectivity index (χ3n) is 13.1. The zero-order chi connectivity index (χ0) is 36.7. The number of rotatable bonds is 5. The van der Waals surface area contributed by atoms with Gasteiger partial charge in [0.1, 0.15) is 11.9 Å². The molecule has 4 unspecified atom stereocenters. The van der Waals surface area contributed by atoms with Crippen LogP contribution in [0.2, 0.25) is 0 Å². The van der Waals surface area contributed by atoms with Gasteiger partial charge in [-0.05, 0) is 132 Å². The molecule has 5 aromatic carbocycles. The molecular weight excluding hydrogens is 669 g/mol. The highest BCUT2D eigenvalue weighted by Gasteiger charge is 2.56. The summed E-state index contributed by atoms with van der Waals surface area (Å²) in [6.07, 6.45) is 20.0. The molecule has 1 aromatic heterocycles. The average Bonchev–Trinajstić information content (AvgIpc) is 3.88. The van der Waals surface area contributed by atoms with Gasteiger partial charge in [0, 0.05) is 40.2 Å². The van der Waals surface area contributed by atoms with Gasteiger partial charge >= 0.3 is 0 Å². The van der Waals surface area contributed by atoms with Gasteiger partial charge in [0.15, 0.2) is 0 Å². The second kappa shape index (κ2) is 12.6. The molecule has 5 atom stereocenters. The molecule has 11 rings (SSSR count). The first-order valence-electron chi connectivity index (χ1n) is 20.3. The van der Waals surface area contributed by atoms with Gasteiger partial charge in [0.2, 0.25) is 0 Å². The van der Waals surface area contributed by atoms with E-state index in [2.05, 4.69) is 181 Å². The topological polar surface area (TPSA) is 17.4 Å². The second-order valence-electron chi connectivity index (χ2n) is 16.4. The van der Waals surface area contributed by atoms with Gasteiger partial charge in [-0.3, -0.25) is 0 Å². The first kappa shape index (κ1) is 32.6. The van der Waals surface area contributed by atoms with Gasteiger partial charge < -0.3 is 14.2 Å². The molecule has 0 N–H and O–H groups in total. The lowest BCUT2D eigenvalue weighted by Crippen LogP contribution is -2.45. The Morgan fingerprint density at radius 1 is 0.709 bits per heavy atom. The van der Waals surface area contributed by atoms with E-state index in [1.165, 1.54) is 78.9 Å². The zero-order valence-corrected chi connectivity index (χ0v) is 31.7. The molecule has 0 bridgehead atoms. The summed E-state index contributed by atoms with van der Waals surface area (Å²) < 4.78 is 9.17. The van der Waals surface area contributed by atoms with Crippen molar-refractivity contribution in [1.82, 2.24) is 4.57 Å². The largest absolute Gasteiger partial charge is 0.490 e. The van der Waals surface area contributed by atoms with E-state index < -0.39 is 0 Å². The molecule has 1 saturated carbocycles. The standard InChI is InChI=1S/C52H46N2O/c1-3-42-27-28-52(2)46(33-37-15-7-12-20-50(37)55-42)51-45-32-36(45)23-26-49(51)54(52)40-24-21-35(22-25-40)39-29-38(34-13-5-4-6-14-34)30-41(31-39)53-47-18-10-8-16-43(47)44-17-9-11-19-48(44)53/h4-11,13-19,21-31,36,42,45-46H,3,12,20,32-33H2,1-2H3/b28-27-/t36?,42?,45?,46-,52?/m0/s1. The molecule has 0 amide bonds. The molecule has 0 saturated heterocycles. The van der Waals surface area contributed by atoms with Crippen LogP contribution in [-0.2, 0) is 4.74 Å². The number of para-hydroxylation sites is 2. The number of ether oxygens (including phenoxy) is 1. The molecule has 270 valence electrons. The van der Waals surface area contributed by atoms with Crippen molar-refractivity contribution in [2.75, 3.05) is 4.90 Å². The van der Waals surface area contributed by atoms with E-state index in [0.717, 1.165) is 25.7 Å². The second-order valence-corrected chi connectivity index (χ2v) is 16.4. The van der Waals surface area contributed by atoms with E-state index in [0.29, 0.717) is 17.8 Å². The number of hydrogen-bond donors (Lipinski definition) is 0. The highest BCUT2D eigenvalue weighted by molar-refractivity contribution is 6.09. The van der Waals surface area contributed by atoms with E-state index >= 15 is 0 Å². The third kappa shape index (κ3) is 5.23. The summed E-state index contributed by atoms with van der Waals surface area (Å²) in [4.78, 5) is 2.67. The van der Waals surface area contributed by atoms with Crippen molar-refractivity contribution in [3.8, 4) is 27.9 Å². The summed E-state index contributed by atoms with van der Waals surface area (Å²) in [6, 6.07) is 44.9. The van der Waals surface area contributed by atoms with Crippen molar-refractivity contribution >= 4 is 27.5 Å². The molecular formula is C52H46N2O. The van der Waals surface area contributed by atoms with Crippen molar-refractivity contribution in [2.24, 2.45) is 17.8 Å². The number of fused-ring (bicyclic) bond motifs is 7. The molecule has 3 aliphatic carbocycles. The monoisotopic (exact) mass is 714 g/mol. The Labute approximate surface area is 324 Å². The van der Waals surface area contributed by atoms with Gasteiger partial charge in [-0.1, -0.05) is 110 Å². The molecule has 1 fully saturated rings. The molecule has 6 aromatic rings. The van der Waals surface area contributed by atoms with Crippen LogP contribution in [0.5, 0.6) is 0 Å². The summed E-state index contributed by atoms with van der Waals surface area (Å²) >= 11 is 0. The Bertz CT molecular complexity index is 2600. The van der Waals surface area contributed by atoms with Crippen LogP contribution in [0.1, 0.15) is 46.0 Å². The average molecular weight is 715 g/mol. The minimum Gasteiger partial charge on any atom is -0.490 e. The van der Waals surface area contributed by atoms with Gasteiger partial charge in [-0.2, -0.15) is 0 Å². The Balaban J connectivity index is 1.04. The number of anilines is 1. The minimum atomic E-state index is -0.213. The van der Waals surface area contributed by atoms with E-state index in [1.54, 1.807) is 5.57 Å². The number of benzene rings is 5. The Hall–Kier alpha value is -5.80. The van der Waals surface area contributed by atoms with Gasteiger partial charge in [-0.25, -0.2) is 0 Å². The quantitative estimate of drug-likeness (QED) is 0.165. The number of nitrogens with zero attached hydrogens (tertiary/aromatic N) is 2. The predicted octanol–water partition coefficient (Wildman–Crippen LogP) is 13.1. The van der Waals surface area contributed by atoms with Crippen LogP contribution < -0.4 is 4.90 Å². The Morgan fingerprint density at radius 3 is 2.13 bits per heavy atom. The number of allylic oxidation sites excluding steroid dienone is 6. The SMILES string of the molecule is CCC1/C=C\C2(C)[C@@H](CC3=C(CCC=C3)O1)C1=C(C=CC3CC13)N2c1ccc(-c2cc(-c3ccccc3)cc(-n3c4ccccc4c4ccccc43)c2)cc1. The van der Waals surface area contributed by atoms with Crippen molar-refractivity contribution in [3.63, 3.8) is 0 Å². The maximum absolute atomic E-state index is 6.73. The zero-order valence-electron chi connectivity index (χ0n) is 31.7. The van der Waals surface area contributed by atoms with Crippen molar-refractivity contribution < 1.29 is 4.74 Å². The van der Waals surface area contributed by atoms with Crippen LogP contribution in [0.25, 0.3) is 49.7 Å². The minimum absolute atomic E-state index is 0.0822. The summed E-state index contributed by atoms with van der Waals surface area (Å²) in [6.45, 7) is 4.73. The van der Waals surface area contributed by atoms with Crippen molar-refractivity contribution in [2.45, 2.75) is 57.6 Å². The number of aromatic nitrogens is 1. The molecule has 3 heteroatoms. The fraction of sp³-hybridized carbons (Fsp3) is 0.231. The normalized spacial score (nSPS) is 25.8. The lowest BCUT2D eigenvalue weighted by atomic mass is 9.75. The van der Waals surface area contributed by atoms with Crippen LogP contribution in [0.4, 0.5) is 5.69 Å². The third-order valence-corrected chi connectivity index (χ3v) is 13.1. The lowest BCUT2D eigenvalue weighted by Gasteiger charge is -2.40. The number of hydrogen-bond acceptors (Lipinski definition) is 2. The molecule has 0 radical (unpaired) electrons. The van der Waals surface area contributed by atoms with Crippen LogP contribution in [0.3, 0.4) is 0 Å². The summed E-state index contributed by atoms with van der Waals surface area (Å²) in [5, 5.41) is 2.55. The van der Waals surface area contributed by atoms with E-state index in [-0.39, 0.29) is 11.6 Å². The molecule has 2 aliphatic heterocycles. The van der Waals surface area contributed by atoms with Crippen LogP contribution >= 0.6 is 0 Å². The van der Waals surface area contributed by atoms with Gasteiger partial charge in [-0.15, -0.1) is 0 Å². The van der Waals surface area contributed by atoms with Crippen LogP contribution in [0, 0.1) is 17.8 Å². The Morgan fingerprint density at radius 2 is 1.40 bits per heavy atom. The maximum atomic E-state index is 6.73. The highest BCUT2D eigenvalue weighted by Crippen LogP contribution is 2.61. The summed E-state index contributed by atoms with van der Waals surface area (Å²) in [5.41, 5.74) is 14.0. The first-order valence-corrected chi connectivity index (χ1v) is 20.3. The smallest absolute Gasteiger partial charge is 0.116 e. The lowest BCUT2D eigenvalue weighted by molar-refractivity contribution is 0.140. The Kier molecular flexibility index (Phi) is 7.49. The van der Waals surface area contributed by atoms with Crippen molar-refractivity contribution in [3.05, 3.63) is 180 Å². The van der Waals surface area contributed by atoms with E-state index in [9.17, 15) is 0 Å². The molecule has 3 heterocycles. The fourth-order valence-corrected chi connectivity index (χ4v) is 10.3. The van der Waals surface area contributed by atoms with E-state index in [4.69, 9.17) is 4.74 Å². The van der Waals surface area contributed by atoms with Crippen molar-refractivity contribution in [1.29, 1.82) is 0 Å². The molecule has 0 spiro atoms. The highest BCUT2D eigenvalue weighted by atomic mass is 16.5. The summed E-state index contributed by atoms with van der Waals surface area (Å²) in [5.74, 6) is 2.95. The molecule has 3 nitrogen and oxygen atoms in total. The van der Waals surface area contributed by atoms with Gasteiger partial charge in [0.25, 0.3) is 0 Å². The van der Waals surface area contributed by atoms with Gasteiger partial charge in [0.05, 0.1) is 16.6 Å². The first-order chi connectivity index (χ1) is 27.1. The molecule has 5 aliphatic rings. The van der Waals surface area contributed by atoms with E-state index in [1.807, 2.05) is 0 Å². The fourth-order valence-electron chi connectivity index (χ4n) is 10.3.